The molecule has 1 N–H and O–H groups in total. The predicted octanol–water partition coefficient (Wildman–Crippen LogP) is 4.88. The Hall–Kier alpha value is -1.28. The Labute approximate surface area is 119 Å². The summed E-state index contributed by atoms with van der Waals surface area (Å²) in [5, 5.41) is 5.36. The van der Waals surface area contributed by atoms with E-state index in [1.165, 1.54) is 32.1 Å². The first-order chi connectivity index (χ1) is 9.34. The highest BCUT2D eigenvalue weighted by atomic mass is 35.5. The molecular formula is C16H19ClN2. The molecule has 1 aliphatic rings. The quantitative estimate of drug-likeness (QED) is 0.863. The van der Waals surface area contributed by atoms with Crippen molar-refractivity contribution >= 4 is 28.2 Å². The van der Waals surface area contributed by atoms with Crippen molar-refractivity contribution in [1.82, 2.24) is 4.98 Å². The topological polar surface area (TPSA) is 24.9 Å². The van der Waals surface area contributed by atoms with Crippen molar-refractivity contribution < 1.29 is 0 Å². The summed E-state index contributed by atoms with van der Waals surface area (Å²) < 4.78 is 0. The SMILES string of the molecule is Clc1ccc(NCC2CCCCC2)c2ncccc12. The third-order valence-electron chi connectivity index (χ3n) is 4.02. The molecule has 100 valence electrons. The number of fused-ring (bicyclic) bond motifs is 1. The van der Waals surface area contributed by atoms with Crippen LogP contribution < -0.4 is 5.32 Å². The van der Waals surface area contributed by atoms with Gasteiger partial charge in [-0.25, -0.2) is 0 Å². The summed E-state index contributed by atoms with van der Waals surface area (Å²) >= 11 is 6.21. The number of halogens is 1. The summed E-state index contributed by atoms with van der Waals surface area (Å²) in [7, 11) is 0. The fourth-order valence-corrected chi connectivity index (χ4v) is 3.14. The molecule has 2 aromatic rings. The molecule has 0 atom stereocenters. The molecular weight excluding hydrogens is 256 g/mol. The normalized spacial score (nSPS) is 16.7. The fraction of sp³-hybridized carbons (Fsp3) is 0.438. The second-order valence-electron chi connectivity index (χ2n) is 5.38. The zero-order valence-electron chi connectivity index (χ0n) is 11.0. The first-order valence-corrected chi connectivity index (χ1v) is 7.49. The van der Waals surface area contributed by atoms with Gasteiger partial charge in [-0.3, -0.25) is 4.98 Å². The van der Waals surface area contributed by atoms with Crippen LogP contribution in [0.5, 0.6) is 0 Å². The standard InChI is InChI=1S/C16H19ClN2/c17-14-8-9-15(16-13(14)7-4-10-18-16)19-11-12-5-2-1-3-6-12/h4,7-10,12,19H,1-3,5-6,11H2. The van der Waals surface area contributed by atoms with Gasteiger partial charge in [-0.2, -0.15) is 0 Å². The molecule has 0 amide bonds. The number of aromatic nitrogens is 1. The number of rotatable bonds is 3. The van der Waals surface area contributed by atoms with Crippen LogP contribution >= 0.6 is 11.6 Å². The zero-order valence-corrected chi connectivity index (χ0v) is 11.8. The second-order valence-corrected chi connectivity index (χ2v) is 5.79. The Balaban J connectivity index is 1.79. The van der Waals surface area contributed by atoms with E-state index in [0.717, 1.165) is 34.1 Å². The molecule has 0 aliphatic heterocycles. The number of hydrogen-bond acceptors (Lipinski definition) is 2. The van der Waals surface area contributed by atoms with E-state index >= 15 is 0 Å². The van der Waals surface area contributed by atoms with Crippen molar-refractivity contribution in [1.29, 1.82) is 0 Å². The van der Waals surface area contributed by atoms with Crippen molar-refractivity contribution in [2.24, 2.45) is 5.92 Å². The van der Waals surface area contributed by atoms with Gasteiger partial charge in [-0.1, -0.05) is 30.9 Å². The van der Waals surface area contributed by atoms with Gasteiger partial charge in [-0.05, 0) is 43.0 Å². The van der Waals surface area contributed by atoms with Crippen LogP contribution in [0.4, 0.5) is 5.69 Å². The van der Waals surface area contributed by atoms with Crippen LogP contribution in [0.15, 0.2) is 30.5 Å². The summed E-state index contributed by atoms with van der Waals surface area (Å²) in [5.74, 6) is 0.809. The van der Waals surface area contributed by atoms with E-state index in [0.29, 0.717) is 0 Å². The molecule has 2 nitrogen and oxygen atoms in total. The largest absolute Gasteiger partial charge is 0.383 e. The highest BCUT2D eigenvalue weighted by Crippen LogP contribution is 2.29. The lowest BCUT2D eigenvalue weighted by atomic mass is 9.89. The van der Waals surface area contributed by atoms with Crippen molar-refractivity contribution in [2.75, 3.05) is 11.9 Å². The van der Waals surface area contributed by atoms with Crippen LogP contribution in [0.3, 0.4) is 0 Å². The van der Waals surface area contributed by atoms with Crippen molar-refractivity contribution in [3.05, 3.63) is 35.5 Å². The summed E-state index contributed by atoms with van der Waals surface area (Å²) in [6.07, 6.45) is 8.70. The Morgan fingerprint density at radius 3 is 2.84 bits per heavy atom. The summed E-state index contributed by atoms with van der Waals surface area (Å²) in [6.45, 7) is 1.05. The van der Waals surface area contributed by atoms with E-state index in [2.05, 4.69) is 10.3 Å². The number of hydrogen-bond donors (Lipinski definition) is 1. The molecule has 1 aromatic heterocycles. The predicted molar refractivity (Wildman–Crippen MR) is 81.8 cm³/mol. The first kappa shape index (κ1) is 12.7. The Morgan fingerprint density at radius 1 is 1.16 bits per heavy atom. The minimum absolute atomic E-state index is 0.770. The van der Waals surface area contributed by atoms with Crippen molar-refractivity contribution in [2.45, 2.75) is 32.1 Å². The molecule has 1 aliphatic carbocycles. The summed E-state index contributed by atoms with van der Waals surface area (Å²) in [5.41, 5.74) is 2.08. The van der Waals surface area contributed by atoms with Gasteiger partial charge < -0.3 is 5.32 Å². The molecule has 1 saturated carbocycles. The van der Waals surface area contributed by atoms with Gasteiger partial charge in [0, 0.05) is 18.1 Å². The molecule has 1 aromatic carbocycles. The smallest absolute Gasteiger partial charge is 0.0948 e. The lowest BCUT2D eigenvalue weighted by molar-refractivity contribution is 0.373. The lowest BCUT2D eigenvalue weighted by Crippen LogP contribution is -2.17. The highest BCUT2D eigenvalue weighted by Gasteiger charge is 2.13. The molecule has 19 heavy (non-hydrogen) atoms. The third kappa shape index (κ3) is 2.84. The average Bonchev–Trinajstić information content (AvgIpc) is 2.48. The van der Waals surface area contributed by atoms with Crippen LogP contribution in [0, 0.1) is 5.92 Å². The summed E-state index contributed by atoms with van der Waals surface area (Å²) in [6, 6.07) is 7.95. The maximum Gasteiger partial charge on any atom is 0.0948 e. The zero-order chi connectivity index (χ0) is 13.1. The lowest BCUT2D eigenvalue weighted by Gasteiger charge is -2.22. The van der Waals surface area contributed by atoms with Gasteiger partial charge in [0.1, 0.15) is 0 Å². The van der Waals surface area contributed by atoms with Crippen LogP contribution in [0.25, 0.3) is 10.9 Å². The molecule has 0 bridgehead atoms. The number of pyridine rings is 1. The van der Waals surface area contributed by atoms with Gasteiger partial charge >= 0.3 is 0 Å². The summed E-state index contributed by atoms with van der Waals surface area (Å²) in [4.78, 5) is 4.46. The van der Waals surface area contributed by atoms with Gasteiger partial charge in [0.05, 0.1) is 16.2 Å². The van der Waals surface area contributed by atoms with E-state index in [4.69, 9.17) is 11.6 Å². The van der Waals surface area contributed by atoms with E-state index in [1.807, 2.05) is 30.5 Å². The maximum absolute atomic E-state index is 6.21. The van der Waals surface area contributed by atoms with Crippen molar-refractivity contribution in [3.63, 3.8) is 0 Å². The van der Waals surface area contributed by atoms with E-state index < -0.39 is 0 Å². The minimum Gasteiger partial charge on any atom is -0.383 e. The Kier molecular flexibility index (Phi) is 3.88. The van der Waals surface area contributed by atoms with E-state index in [-0.39, 0.29) is 0 Å². The molecule has 0 saturated heterocycles. The number of nitrogens with zero attached hydrogens (tertiary/aromatic N) is 1. The van der Waals surface area contributed by atoms with Gasteiger partial charge in [0.2, 0.25) is 0 Å². The minimum atomic E-state index is 0.770. The van der Waals surface area contributed by atoms with E-state index in [9.17, 15) is 0 Å². The fourth-order valence-electron chi connectivity index (χ4n) is 2.93. The highest BCUT2D eigenvalue weighted by molar-refractivity contribution is 6.35. The molecule has 3 rings (SSSR count). The number of benzene rings is 1. The molecule has 0 radical (unpaired) electrons. The molecule has 1 fully saturated rings. The van der Waals surface area contributed by atoms with Crippen LogP contribution in [0.1, 0.15) is 32.1 Å². The molecule has 0 spiro atoms. The van der Waals surface area contributed by atoms with Gasteiger partial charge in [-0.15, -0.1) is 0 Å². The number of anilines is 1. The van der Waals surface area contributed by atoms with Crippen LogP contribution in [-0.4, -0.2) is 11.5 Å². The molecule has 1 heterocycles. The Morgan fingerprint density at radius 2 is 2.00 bits per heavy atom. The van der Waals surface area contributed by atoms with Gasteiger partial charge in [0.25, 0.3) is 0 Å². The van der Waals surface area contributed by atoms with Crippen LogP contribution in [0.2, 0.25) is 5.02 Å². The van der Waals surface area contributed by atoms with Crippen molar-refractivity contribution in [3.8, 4) is 0 Å². The number of nitrogens with one attached hydrogen (secondary N) is 1. The Bertz CT molecular complexity index is 562. The third-order valence-corrected chi connectivity index (χ3v) is 4.35. The monoisotopic (exact) mass is 274 g/mol. The maximum atomic E-state index is 6.21. The second kappa shape index (κ2) is 5.79. The van der Waals surface area contributed by atoms with E-state index in [1.54, 1.807) is 0 Å². The molecule has 0 unspecified atom stereocenters. The average molecular weight is 275 g/mol. The van der Waals surface area contributed by atoms with Gasteiger partial charge in [0.15, 0.2) is 0 Å². The first-order valence-electron chi connectivity index (χ1n) is 7.12. The van der Waals surface area contributed by atoms with Crippen LogP contribution in [-0.2, 0) is 0 Å². The molecule has 3 heteroatoms.